The van der Waals surface area contributed by atoms with Gasteiger partial charge in [-0.3, -0.25) is 9.69 Å². The second kappa shape index (κ2) is 13.7. The molecule has 1 fully saturated rings. The van der Waals surface area contributed by atoms with Crippen molar-refractivity contribution >= 4 is 33.7 Å². The van der Waals surface area contributed by atoms with Gasteiger partial charge in [0.2, 0.25) is 0 Å². The monoisotopic (exact) mass is 545 g/mol. The van der Waals surface area contributed by atoms with Crippen LogP contribution >= 0.6 is 11.6 Å². The second-order valence-electron chi connectivity index (χ2n) is 8.74. The normalized spacial score (nSPS) is 13.2. The van der Waals surface area contributed by atoms with Gasteiger partial charge in [0.15, 0.2) is 0 Å². The highest BCUT2D eigenvalue weighted by Gasteiger charge is 2.19. The van der Waals surface area contributed by atoms with Crippen LogP contribution in [0.4, 0.5) is 5.69 Å². The lowest BCUT2D eigenvalue weighted by Gasteiger charge is -2.36. The van der Waals surface area contributed by atoms with Crippen LogP contribution in [0.1, 0.15) is 15.9 Å². The Morgan fingerprint density at radius 2 is 1.32 bits per heavy atom. The fourth-order valence-electron chi connectivity index (χ4n) is 4.29. The molecule has 194 valence electrons. The molecule has 38 heavy (non-hydrogen) atoms. The van der Waals surface area contributed by atoms with E-state index >= 15 is 0 Å². The van der Waals surface area contributed by atoms with Crippen molar-refractivity contribution < 1.29 is 13.2 Å². The summed E-state index contributed by atoms with van der Waals surface area (Å²) in [5, 5.41) is 0.731. The van der Waals surface area contributed by atoms with Crippen molar-refractivity contribution in [1.29, 1.82) is 0 Å². The van der Waals surface area contributed by atoms with E-state index in [2.05, 4.69) is 50.6 Å². The molecule has 4 aromatic carbocycles. The summed E-state index contributed by atoms with van der Waals surface area (Å²) in [6.45, 7) is 4.44. The van der Waals surface area contributed by atoms with Crippen molar-refractivity contribution in [1.82, 2.24) is 4.90 Å². The number of nitrogens with zero attached hydrogens (tertiary/aromatic N) is 3. The van der Waals surface area contributed by atoms with E-state index in [1.54, 1.807) is 12.1 Å². The highest BCUT2D eigenvalue weighted by molar-refractivity contribution is 7.62. The zero-order valence-corrected chi connectivity index (χ0v) is 22.4. The second-order valence-corrected chi connectivity index (χ2v) is 9.80. The van der Waals surface area contributed by atoms with Crippen LogP contribution in [-0.4, -0.2) is 45.4 Å². The Hall–Kier alpha value is -3.78. The van der Waals surface area contributed by atoms with Gasteiger partial charge < -0.3 is 4.90 Å². The molecule has 1 aliphatic heterocycles. The SMILES string of the molecule is O=C(N=S(=O)=O)c1ccc(N2CCN(Cc3ccccc3-c3ccc(Cl)cc3)CC2)cc1.c1ccccc1. The molecule has 4 aromatic rings. The van der Waals surface area contributed by atoms with Crippen LogP contribution in [0.5, 0.6) is 0 Å². The lowest BCUT2D eigenvalue weighted by atomic mass is 9.99. The Labute approximate surface area is 229 Å². The van der Waals surface area contributed by atoms with Crippen molar-refractivity contribution in [3.8, 4) is 11.1 Å². The molecule has 5 rings (SSSR count). The molecule has 0 radical (unpaired) electrons. The topological polar surface area (TPSA) is 70.0 Å². The zero-order chi connectivity index (χ0) is 26.7. The fraction of sp³-hybridized carbons (Fsp3) is 0.167. The Morgan fingerprint density at radius 1 is 0.737 bits per heavy atom. The minimum atomic E-state index is -2.74. The van der Waals surface area contributed by atoms with Gasteiger partial charge in [-0.25, -0.2) is 0 Å². The van der Waals surface area contributed by atoms with Gasteiger partial charge in [0, 0.05) is 49.0 Å². The van der Waals surface area contributed by atoms with E-state index in [1.807, 2.05) is 60.7 Å². The lowest BCUT2D eigenvalue weighted by molar-refractivity contribution is 0.100. The first-order valence-electron chi connectivity index (χ1n) is 12.3. The third kappa shape index (κ3) is 7.86. The molecule has 1 amide bonds. The molecule has 0 N–H and O–H groups in total. The summed E-state index contributed by atoms with van der Waals surface area (Å²) in [6, 6.07) is 35.3. The van der Waals surface area contributed by atoms with Crippen molar-refractivity contribution in [2.75, 3.05) is 31.1 Å². The largest absolute Gasteiger partial charge is 0.369 e. The number of amides is 1. The van der Waals surface area contributed by atoms with Gasteiger partial charge in [0.1, 0.15) is 0 Å². The van der Waals surface area contributed by atoms with Gasteiger partial charge in [-0.15, -0.1) is 0 Å². The quantitative estimate of drug-likeness (QED) is 0.298. The zero-order valence-electron chi connectivity index (χ0n) is 20.8. The van der Waals surface area contributed by atoms with Crippen molar-refractivity contribution in [3.63, 3.8) is 0 Å². The molecule has 0 atom stereocenters. The Bertz CT molecular complexity index is 1430. The molecule has 0 spiro atoms. The number of piperazine rings is 1. The standard InChI is InChI=1S/C24H22ClN3O3S.C6H6/c25-21-9-5-18(6-10-21)23-4-2-1-3-20(23)17-27-13-15-28(16-14-27)22-11-7-19(8-12-22)24(29)26-32(30)31;1-2-4-6-5-3-1/h1-12H,13-17H2;1-6H. The van der Waals surface area contributed by atoms with Gasteiger partial charge in [0.05, 0.1) is 0 Å². The maximum Gasteiger partial charge on any atom is 0.319 e. The Balaban J connectivity index is 0.000000494. The van der Waals surface area contributed by atoms with Crippen molar-refractivity contribution in [2.45, 2.75) is 6.54 Å². The van der Waals surface area contributed by atoms with Crippen LogP contribution in [0.25, 0.3) is 11.1 Å². The average Bonchev–Trinajstić information content (AvgIpc) is 2.95. The number of benzene rings is 4. The van der Waals surface area contributed by atoms with E-state index in [1.165, 1.54) is 11.1 Å². The molecular weight excluding hydrogens is 518 g/mol. The summed E-state index contributed by atoms with van der Waals surface area (Å²) in [4.78, 5) is 16.4. The third-order valence-corrected chi connectivity index (χ3v) is 6.81. The van der Waals surface area contributed by atoms with Gasteiger partial charge in [-0.2, -0.15) is 8.42 Å². The number of halogens is 1. The highest BCUT2D eigenvalue weighted by Crippen LogP contribution is 2.27. The molecule has 1 heterocycles. The molecule has 0 aliphatic carbocycles. The van der Waals surface area contributed by atoms with Gasteiger partial charge in [-0.05, 0) is 53.1 Å². The Morgan fingerprint density at radius 3 is 1.89 bits per heavy atom. The van der Waals surface area contributed by atoms with Crippen LogP contribution in [0.2, 0.25) is 5.02 Å². The Kier molecular flexibility index (Phi) is 9.81. The minimum absolute atomic E-state index is 0.260. The van der Waals surface area contributed by atoms with Gasteiger partial charge in [-0.1, -0.05) is 88.8 Å². The fourth-order valence-corrected chi connectivity index (χ4v) is 4.66. The number of carbonyl (C=O) groups is 1. The first-order chi connectivity index (χ1) is 18.5. The summed E-state index contributed by atoms with van der Waals surface area (Å²) in [5.74, 6) is -0.756. The number of carbonyl (C=O) groups excluding carboxylic acids is 1. The van der Waals surface area contributed by atoms with Crippen LogP contribution in [0, 0.1) is 0 Å². The van der Waals surface area contributed by atoms with Gasteiger partial charge in [0.25, 0.3) is 5.91 Å². The molecule has 8 heteroatoms. The molecule has 0 unspecified atom stereocenters. The molecule has 0 saturated carbocycles. The molecule has 6 nitrogen and oxygen atoms in total. The van der Waals surface area contributed by atoms with Crippen molar-refractivity contribution in [2.24, 2.45) is 4.36 Å². The average molecular weight is 546 g/mol. The van der Waals surface area contributed by atoms with E-state index in [-0.39, 0.29) is 5.56 Å². The predicted octanol–water partition coefficient (Wildman–Crippen LogP) is 6.22. The summed E-state index contributed by atoms with van der Waals surface area (Å²) < 4.78 is 24.2. The van der Waals surface area contributed by atoms with Crippen LogP contribution in [-0.2, 0) is 17.0 Å². The third-order valence-electron chi connectivity index (χ3n) is 6.24. The minimum Gasteiger partial charge on any atom is -0.369 e. The van der Waals surface area contributed by atoms with Crippen LogP contribution < -0.4 is 4.90 Å². The first-order valence-corrected chi connectivity index (χ1v) is 13.7. The molecule has 0 aromatic heterocycles. The molecular formula is C30H28ClN3O3S. The van der Waals surface area contributed by atoms with E-state index in [9.17, 15) is 13.2 Å². The number of rotatable bonds is 5. The highest BCUT2D eigenvalue weighted by atomic mass is 35.5. The van der Waals surface area contributed by atoms with Crippen molar-refractivity contribution in [3.05, 3.63) is 125 Å². The van der Waals surface area contributed by atoms with E-state index in [4.69, 9.17) is 11.6 Å². The lowest BCUT2D eigenvalue weighted by Crippen LogP contribution is -2.46. The summed E-state index contributed by atoms with van der Waals surface area (Å²) in [7, 11) is -2.74. The van der Waals surface area contributed by atoms with Gasteiger partial charge >= 0.3 is 10.5 Å². The summed E-state index contributed by atoms with van der Waals surface area (Å²) in [6.07, 6.45) is 0. The molecule has 1 aliphatic rings. The van der Waals surface area contributed by atoms with Crippen LogP contribution in [0.15, 0.2) is 114 Å². The molecule has 1 saturated heterocycles. The van der Waals surface area contributed by atoms with Crippen LogP contribution in [0.3, 0.4) is 0 Å². The molecule has 0 bridgehead atoms. The summed E-state index contributed by atoms with van der Waals surface area (Å²) >= 11 is 6.04. The smallest absolute Gasteiger partial charge is 0.319 e. The van der Waals surface area contributed by atoms with E-state index < -0.39 is 16.4 Å². The maximum atomic E-state index is 11.7. The summed E-state index contributed by atoms with van der Waals surface area (Å²) in [5.41, 5.74) is 4.93. The number of hydrogen-bond donors (Lipinski definition) is 0. The van der Waals surface area contributed by atoms with E-state index in [0.29, 0.717) is 0 Å². The predicted molar refractivity (Wildman–Crippen MR) is 153 cm³/mol. The number of hydrogen-bond acceptors (Lipinski definition) is 5. The first kappa shape index (κ1) is 27.3. The van der Waals surface area contributed by atoms with E-state index in [0.717, 1.165) is 49.0 Å². The number of anilines is 1. The maximum absolute atomic E-state index is 11.7.